The van der Waals surface area contributed by atoms with Crippen LogP contribution < -0.4 is 20.8 Å². The summed E-state index contributed by atoms with van der Waals surface area (Å²) in [5.74, 6) is -1.79. The van der Waals surface area contributed by atoms with Gasteiger partial charge in [-0.25, -0.2) is 5.43 Å². The second-order valence-corrected chi connectivity index (χ2v) is 8.55. The number of anilines is 2. The molecule has 3 amide bonds. The minimum Gasteiger partial charge on any atom is -0.483 e. The lowest BCUT2D eigenvalue weighted by molar-refractivity contribution is -0.136. The van der Waals surface area contributed by atoms with E-state index < -0.39 is 11.8 Å². The number of nitrogens with one attached hydrogen (secondary N) is 3. The third kappa shape index (κ3) is 7.94. The summed E-state index contributed by atoms with van der Waals surface area (Å²) in [6, 6.07) is 19.1. The van der Waals surface area contributed by atoms with Crippen LogP contribution in [0.1, 0.15) is 18.1 Å². The van der Waals surface area contributed by atoms with Crippen molar-refractivity contribution < 1.29 is 19.1 Å². The first-order chi connectivity index (χ1) is 16.9. The van der Waals surface area contributed by atoms with Gasteiger partial charge in [0.2, 0.25) is 0 Å². The topological polar surface area (TPSA) is 109 Å². The Morgan fingerprint density at radius 2 is 1.80 bits per heavy atom. The van der Waals surface area contributed by atoms with Gasteiger partial charge in [0.15, 0.2) is 6.61 Å². The molecular formula is C25H22BrClN4O4. The fraction of sp³-hybridized carbons (Fsp3) is 0.120. The first-order valence-corrected chi connectivity index (χ1v) is 11.7. The Morgan fingerprint density at radius 3 is 2.57 bits per heavy atom. The number of aryl methyl sites for hydroxylation is 1. The zero-order valence-corrected chi connectivity index (χ0v) is 21.0. The average molecular weight is 558 g/mol. The zero-order chi connectivity index (χ0) is 25.2. The minimum absolute atomic E-state index is 0.263. The van der Waals surface area contributed by atoms with Crippen molar-refractivity contribution >= 4 is 62.8 Å². The second-order valence-electron chi connectivity index (χ2n) is 7.19. The van der Waals surface area contributed by atoms with Gasteiger partial charge in [0.1, 0.15) is 5.75 Å². The Balaban J connectivity index is 1.58. The lowest BCUT2D eigenvalue weighted by Crippen LogP contribution is -2.32. The molecule has 0 aliphatic carbocycles. The van der Waals surface area contributed by atoms with Gasteiger partial charge in [-0.15, -0.1) is 0 Å². The predicted octanol–water partition coefficient (Wildman–Crippen LogP) is 4.77. The van der Waals surface area contributed by atoms with Crippen molar-refractivity contribution in [1.29, 1.82) is 0 Å². The molecule has 3 aromatic rings. The van der Waals surface area contributed by atoms with Crippen molar-refractivity contribution in [3.05, 3.63) is 87.4 Å². The second kappa shape index (κ2) is 12.7. The molecule has 0 fully saturated rings. The number of hydrogen-bond acceptors (Lipinski definition) is 5. The number of para-hydroxylation sites is 1. The molecule has 0 aliphatic heterocycles. The molecule has 0 atom stereocenters. The van der Waals surface area contributed by atoms with Crippen molar-refractivity contribution in [2.24, 2.45) is 5.10 Å². The number of rotatable bonds is 8. The van der Waals surface area contributed by atoms with Crippen LogP contribution in [0.15, 0.2) is 76.3 Å². The number of carbonyl (C=O) groups is 3. The van der Waals surface area contributed by atoms with Gasteiger partial charge in [-0.3, -0.25) is 14.4 Å². The molecule has 0 unspecified atom stereocenters. The van der Waals surface area contributed by atoms with E-state index in [9.17, 15) is 14.4 Å². The van der Waals surface area contributed by atoms with Gasteiger partial charge in [-0.1, -0.05) is 58.7 Å². The molecule has 3 rings (SSSR count). The van der Waals surface area contributed by atoms with Crippen LogP contribution in [0.4, 0.5) is 11.4 Å². The van der Waals surface area contributed by atoms with Crippen LogP contribution in [0.2, 0.25) is 5.02 Å². The first kappa shape index (κ1) is 25.9. The van der Waals surface area contributed by atoms with E-state index in [0.29, 0.717) is 34.1 Å². The predicted molar refractivity (Wildman–Crippen MR) is 140 cm³/mol. The molecule has 0 saturated heterocycles. The number of halogens is 2. The van der Waals surface area contributed by atoms with E-state index in [-0.39, 0.29) is 12.5 Å². The maximum Gasteiger partial charge on any atom is 0.329 e. The molecule has 0 saturated carbocycles. The number of benzene rings is 3. The van der Waals surface area contributed by atoms with Crippen molar-refractivity contribution in [1.82, 2.24) is 5.43 Å². The van der Waals surface area contributed by atoms with Gasteiger partial charge in [-0.05, 0) is 54.4 Å². The largest absolute Gasteiger partial charge is 0.483 e. The van der Waals surface area contributed by atoms with Gasteiger partial charge in [0.25, 0.3) is 5.91 Å². The highest BCUT2D eigenvalue weighted by atomic mass is 79.9. The molecule has 8 nitrogen and oxygen atoms in total. The number of hydrazone groups is 1. The lowest BCUT2D eigenvalue weighted by atomic mass is 10.1. The molecule has 10 heteroatoms. The molecule has 0 spiro atoms. The Hall–Kier alpha value is -3.69. The summed E-state index contributed by atoms with van der Waals surface area (Å²) >= 11 is 9.29. The first-order valence-electron chi connectivity index (χ1n) is 10.6. The molecule has 35 heavy (non-hydrogen) atoms. The monoisotopic (exact) mass is 556 g/mol. The summed E-state index contributed by atoms with van der Waals surface area (Å²) in [6.07, 6.45) is 2.03. The summed E-state index contributed by atoms with van der Waals surface area (Å²) in [6.45, 7) is 1.69. The number of ether oxygens (including phenoxy) is 1. The van der Waals surface area contributed by atoms with Gasteiger partial charge < -0.3 is 15.4 Å². The third-order valence-corrected chi connectivity index (χ3v) is 5.39. The van der Waals surface area contributed by atoms with Gasteiger partial charge in [0.05, 0.1) is 6.21 Å². The van der Waals surface area contributed by atoms with E-state index in [0.717, 1.165) is 10.0 Å². The normalized spacial score (nSPS) is 10.6. The Morgan fingerprint density at radius 1 is 1.00 bits per heavy atom. The fourth-order valence-electron chi connectivity index (χ4n) is 3.00. The maximum atomic E-state index is 12.2. The van der Waals surface area contributed by atoms with Crippen LogP contribution in [0, 0.1) is 0 Å². The molecule has 0 heterocycles. The van der Waals surface area contributed by atoms with Crippen LogP contribution in [-0.4, -0.2) is 30.5 Å². The quantitative estimate of drug-likeness (QED) is 0.211. The number of amides is 3. The molecule has 0 aliphatic rings. The molecule has 3 N–H and O–H groups in total. The highest BCUT2D eigenvalue weighted by Gasteiger charge is 2.14. The molecule has 0 radical (unpaired) electrons. The average Bonchev–Trinajstić information content (AvgIpc) is 2.83. The van der Waals surface area contributed by atoms with Gasteiger partial charge in [-0.2, -0.15) is 5.10 Å². The van der Waals surface area contributed by atoms with Crippen LogP contribution in [-0.2, 0) is 20.8 Å². The van der Waals surface area contributed by atoms with Crippen molar-refractivity contribution in [2.75, 3.05) is 17.2 Å². The molecular weight excluding hydrogens is 536 g/mol. The highest BCUT2D eigenvalue weighted by Crippen LogP contribution is 2.22. The smallest absolute Gasteiger partial charge is 0.329 e. The fourth-order valence-corrected chi connectivity index (χ4v) is 3.57. The van der Waals surface area contributed by atoms with Crippen LogP contribution in [0.5, 0.6) is 5.75 Å². The number of hydrogen-bond donors (Lipinski definition) is 3. The third-order valence-electron chi connectivity index (χ3n) is 4.66. The van der Waals surface area contributed by atoms with Crippen molar-refractivity contribution in [3.8, 4) is 5.75 Å². The zero-order valence-electron chi connectivity index (χ0n) is 18.7. The van der Waals surface area contributed by atoms with E-state index in [1.54, 1.807) is 54.6 Å². The Bertz CT molecular complexity index is 1270. The summed E-state index contributed by atoms with van der Waals surface area (Å²) < 4.78 is 6.35. The van der Waals surface area contributed by atoms with E-state index >= 15 is 0 Å². The van der Waals surface area contributed by atoms with Crippen LogP contribution in [0.25, 0.3) is 0 Å². The number of nitrogens with zero attached hydrogens (tertiary/aromatic N) is 1. The summed E-state index contributed by atoms with van der Waals surface area (Å²) in [5, 5.41) is 9.62. The van der Waals surface area contributed by atoms with Crippen molar-refractivity contribution in [3.63, 3.8) is 0 Å². The SMILES string of the molecule is CCc1ccccc1NC(=O)C(=O)N/N=C\c1cc(Br)ccc1OCC(=O)Nc1cccc(Cl)c1. The molecule has 0 bridgehead atoms. The van der Waals surface area contributed by atoms with E-state index in [1.807, 2.05) is 19.1 Å². The summed E-state index contributed by atoms with van der Waals surface area (Å²) in [7, 11) is 0. The molecule has 0 aromatic heterocycles. The van der Waals surface area contributed by atoms with E-state index in [1.165, 1.54) is 6.21 Å². The maximum absolute atomic E-state index is 12.2. The summed E-state index contributed by atoms with van der Waals surface area (Å²) in [4.78, 5) is 36.6. The van der Waals surface area contributed by atoms with Crippen LogP contribution in [0.3, 0.4) is 0 Å². The van der Waals surface area contributed by atoms with Gasteiger partial charge in [0, 0.05) is 26.4 Å². The van der Waals surface area contributed by atoms with Gasteiger partial charge >= 0.3 is 11.8 Å². The van der Waals surface area contributed by atoms with Crippen LogP contribution >= 0.6 is 27.5 Å². The lowest BCUT2D eigenvalue weighted by Gasteiger charge is -2.10. The summed E-state index contributed by atoms with van der Waals surface area (Å²) in [5.41, 5.74) is 4.70. The van der Waals surface area contributed by atoms with E-state index in [2.05, 4.69) is 37.1 Å². The molecule has 180 valence electrons. The Labute approximate surface area is 215 Å². The van der Waals surface area contributed by atoms with Crippen molar-refractivity contribution in [2.45, 2.75) is 13.3 Å². The molecule has 3 aromatic carbocycles. The number of carbonyl (C=O) groups excluding carboxylic acids is 3. The standard InChI is InChI=1S/C25H22BrClN4O4/c1-2-16-6-3-4-9-21(16)30-24(33)25(34)31-28-14-17-12-18(26)10-11-22(17)35-15-23(32)29-20-8-5-7-19(27)13-20/h3-14H,2,15H2,1H3,(H,29,32)(H,30,33)(H,31,34)/b28-14-. The highest BCUT2D eigenvalue weighted by molar-refractivity contribution is 9.10. The Kier molecular flexibility index (Phi) is 9.39. The van der Waals surface area contributed by atoms with E-state index in [4.69, 9.17) is 16.3 Å². The minimum atomic E-state index is -0.925.